The van der Waals surface area contributed by atoms with Crippen LogP contribution in [0, 0.1) is 0 Å². The van der Waals surface area contributed by atoms with Crippen LogP contribution in [0.3, 0.4) is 0 Å². The lowest BCUT2D eigenvalue weighted by molar-refractivity contribution is 0.590. The fourth-order valence-corrected chi connectivity index (χ4v) is 8.70. The normalized spacial score (nSPS) is 13.1. The highest BCUT2D eigenvalue weighted by Crippen LogP contribution is 2.47. The Bertz CT molecular complexity index is 2640. The molecule has 9 rings (SSSR count). The monoisotopic (exact) mass is 736 g/mol. The topological polar surface area (TPSA) is 6.48 Å². The predicted molar refractivity (Wildman–Crippen MR) is 249 cm³/mol. The van der Waals surface area contributed by atoms with Gasteiger partial charge in [-0.05, 0) is 120 Å². The fourth-order valence-electron chi connectivity index (χ4n) is 8.70. The maximum atomic E-state index is 4.02. The summed E-state index contributed by atoms with van der Waals surface area (Å²) in [5, 5.41) is 0. The summed E-state index contributed by atoms with van der Waals surface area (Å²) in [5.74, 6) is 0. The lowest BCUT2D eigenvalue weighted by Crippen LogP contribution is -2.61. The molecule has 57 heavy (non-hydrogen) atoms. The zero-order valence-electron chi connectivity index (χ0n) is 34.0. The molecular weight excluding hydrogens is 687 g/mol. The van der Waals surface area contributed by atoms with Crippen LogP contribution in [0.5, 0.6) is 0 Å². The van der Waals surface area contributed by atoms with Gasteiger partial charge in [-0.1, -0.05) is 170 Å². The molecule has 0 N–H and O–H groups in total. The first-order valence-corrected chi connectivity index (χ1v) is 20.1. The molecule has 0 saturated carbocycles. The first kappa shape index (κ1) is 36.3. The Morgan fingerprint density at radius 1 is 0.421 bits per heavy atom. The highest BCUT2D eigenvalue weighted by atomic mass is 15.2. The second kappa shape index (κ2) is 13.7. The highest BCUT2D eigenvalue weighted by Gasteiger charge is 2.43. The van der Waals surface area contributed by atoms with Crippen molar-refractivity contribution in [3.63, 3.8) is 0 Å². The minimum Gasteiger partial charge on any atom is -0.311 e. The summed E-state index contributed by atoms with van der Waals surface area (Å²) >= 11 is 0. The lowest BCUT2D eigenvalue weighted by Gasteiger charge is -2.44. The number of para-hydroxylation sites is 1. The van der Waals surface area contributed by atoms with Crippen LogP contribution in [-0.4, -0.2) is 6.71 Å². The van der Waals surface area contributed by atoms with Crippen LogP contribution in [0.4, 0.5) is 34.1 Å². The first-order valence-electron chi connectivity index (χ1n) is 20.1. The van der Waals surface area contributed by atoms with Crippen LogP contribution in [0.25, 0.3) is 34.4 Å². The van der Waals surface area contributed by atoms with Crippen molar-refractivity contribution in [3.8, 4) is 22.3 Å². The van der Waals surface area contributed by atoms with Crippen LogP contribution < -0.4 is 26.2 Å². The molecule has 0 aromatic heterocycles. The second-order valence-electron chi connectivity index (χ2n) is 17.6. The highest BCUT2D eigenvalue weighted by molar-refractivity contribution is 7.00. The van der Waals surface area contributed by atoms with Gasteiger partial charge in [0.15, 0.2) is 0 Å². The summed E-state index contributed by atoms with van der Waals surface area (Å²) in [5.41, 5.74) is 20.7. The molecule has 2 aliphatic heterocycles. The van der Waals surface area contributed by atoms with Crippen LogP contribution >= 0.6 is 0 Å². The molecule has 0 fully saturated rings. The maximum absolute atomic E-state index is 4.02. The zero-order valence-corrected chi connectivity index (χ0v) is 34.0. The summed E-state index contributed by atoms with van der Waals surface area (Å²) < 4.78 is 0. The van der Waals surface area contributed by atoms with E-state index < -0.39 is 0 Å². The molecule has 0 spiro atoms. The van der Waals surface area contributed by atoms with E-state index in [1.165, 1.54) is 72.5 Å². The standard InChI is InChI=1S/C54H49BN2/c1-9-36-15-19-38(20-16-36)40-23-32-49-47(33-40)55-46-13-11-12-14-48(46)56(44-28-24-42(25-29-44)53(3,4)5)50-34-41(39-21-17-37(10-2)18-22-39)35-51(52(50)55)57(49)45-30-26-43(27-31-45)54(6,7)8/h9-35H,1-2H2,3-8H3. The Balaban J connectivity index is 1.35. The molecule has 2 aliphatic rings. The van der Waals surface area contributed by atoms with Crippen LogP contribution in [0.2, 0.25) is 0 Å². The van der Waals surface area contributed by atoms with E-state index in [2.05, 4.69) is 216 Å². The van der Waals surface area contributed by atoms with E-state index in [9.17, 15) is 0 Å². The molecule has 2 nitrogen and oxygen atoms in total. The van der Waals surface area contributed by atoms with Gasteiger partial charge >= 0.3 is 0 Å². The smallest absolute Gasteiger partial charge is 0.252 e. The third-order valence-electron chi connectivity index (χ3n) is 11.9. The molecule has 7 aromatic carbocycles. The fraction of sp³-hybridized carbons (Fsp3) is 0.148. The largest absolute Gasteiger partial charge is 0.311 e. The predicted octanol–water partition coefficient (Wildman–Crippen LogP) is 13.0. The quantitative estimate of drug-likeness (QED) is 0.157. The van der Waals surface area contributed by atoms with E-state index >= 15 is 0 Å². The molecule has 3 heteroatoms. The van der Waals surface area contributed by atoms with Crippen molar-refractivity contribution in [2.24, 2.45) is 0 Å². The van der Waals surface area contributed by atoms with Gasteiger partial charge in [-0.3, -0.25) is 0 Å². The van der Waals surface area contributed by atoms with Crippen molar-refractivity contribution < 1.29 is 0 Å². The van der Waals surface area contributed by atoms with E-state index in [4.69, 9.17) is 0 Å². The minimum absolute atomic E-state index is 0.0148. The third-order valence-corrected chi connectivity index (χ3v) is 11.9. The Morgan fingerprint density at radius 2 is 0.860 bits per heavy atom. The summed E-state index contributed by atoms with van der Waals surface area (Å²) in [6.45, 7) is 21.7. The van der Waals surface area contributed by atoms with Crippen molar-refractivity contribution in [1.29, 1.82) is 0 Å². The van der Waals surface area contributed by atoms with Crippen molar-refractivity contribution in [3.05, 3.63) is 187 Å². The minimum atomic E-state index is 0.0148. The molecule has 0 bridgehead atoms. The van der Waals surface area contributed by atoms with E-state index in [0.29, 0.717) is 0 Å². The van der Waals surface area contributed by atoms with Crippen molar-refractivity contribution >= 4 is 69.4 Å². The Labute approximate surface area is 339 Å². The second-order valence-corrected chi connectivity index (χ2v) is 17.6. The van der Waals surface area contributed by atoms with E-state index in [-0.39, 0.29) is 17.5 Å². The van der Waals surface area contributed by atoms with E-state index in [1.54, 1.807) is 0 Å². The Hall–Kier alpha value is -6.32. The van der Waals surface area contributed by atoms with E-state index in [1.807, 2.05) is 12.2 Å². The average Bonchev–Trinajstić information content (AvgIpc) is 3.23. The van der Waals surface area contributed by atoms with Crippen LogP contribution in [-0.2, 0) is 10.8 Å². The number of anilines is 6. The molecule has 2 heterocycles. The number of hydrogen-bond acceptors (Lipinski definition) is 2. The molecular formula is C54H49BN2. The number of fused-ring (bicyclic) bond motifs is 4. The van der Waals surface area contributed by atoms with Gasteiger partial charge < -0.3 is 9.80 Å². The molecule has 278 valence electrons. The van der Waals surface area contributed by atoms with Gasteiger partial charge in [-0.25, -0.2) is 0 Å². The van der Waals surface area contributed by atoms with Crippen LogP contribution in [0.15, 0.2) is 165 Å². The van der Waals surface area contributed by atoms with Crippen molar-refractivity contribution in [1.82, 2.24) is 0 Å². The summed E-state index contributed by atoms with van der Waals surface area (Å²) in [6.07, 6.45) is 3.81. The Morgan fingerprint density at radius 3 is 1.33 bits per heavy atom. The maximum Gasteiger partial charge on any atom is 0.252 e. The average molecular weight is 737 g/mol. The zero-order chi connectivity index (χ0) is 39.6. The van der Waals surface area contributed by atoms with Gasteiger partial charge in [0.1, 0.15) is 0 Å². The van der Waals surface area contributed by atoms with Crippen molar-refractivity contribution in [2.75, 3.05) is 9.80 Å². The van der Waals surface area contributed by atoms with Gasteiger partial charge in [-0.2, -0.15) is 0 Å². The van der Waals surface area contributed by atoms with Gasteiger partial charge in [0.2, 0.25) is 0 Å². The van der Waals surface area contributed by atoms with E-state index in [0.717, 1.165) is 22.5 Å². The Kier molecular flexibility index (Phi) is 8.74. The number of nitrogens with zero attached hydrogens (tertiary/aromatic N) is 2. The lowest BCUT2D eigenvalue weighted by atomic mass is 9.33. The number of benzene rings is 7. The van der Waals surface area contributed by atoms with Gasteiger partial charge in [0.05, 0.1) is 0 Å². The molecule has 0 atom stereocenters. The summed E-state index contributed by atoms with van der Waals surface area (Å²) in [7, 11) is 0. The number of hydrogen-bond donors (Lipinski definition) is 0. The summed E-state index contributed by atoms with van der Waals surface area (Å²) in [6, 6.07) is 56.9. The molecule has 0 saturated heterocycles. The summed E-state index contributed by atoms with van der Waals surface area (Å²) in [4.78, 5) is 5.01. The SMILES string of the molecule is C=Cc1ccc(-c2ccc3c(c2)B2c4ccccc4N(c4ccc(C(C)(C)C)cc4)c4cc(-c5ccc(C=C)cc5)cc(c42)N3c2ccc(C(C)(C)C)cc2)cc1. The molecule has 0 radical (unpaired) electrons. The van der Waals surface area contributed by atoms with Gasteiger partial charge in [0.25, 0.3) is 6.71 Å². The molecule has 0 amide bonds. The number of rotatable bonds is 6. The molecule has 0 aliphatic carbocycles. The first-order chi connectivity index (χ1) is 27.4. The molecule has 0 unspecified atom stereocenters. The van der Waals surface area contributed by atoms with Gasteiger partial charge in [-0.15, -0.1) is 0 Å². The molecule has 7 aromatic rings. The third kappa shape index (κ3) is 6.32. The van der Waals surface area contributed by atoms with Gasteiger partial charge in [0, 0.05) is 34.1 Å². The van der Waals surface area contributed by atoms with Crippen molar-refractivity contribution in [2.45, 2.75) is 52.4 Å². The van der Waals surface area contributed by atoms with Crippen LogP contribution in [0.1, 0.15) is 63.8 Å².